The van der Waals surface area contributed by atoms with Crippen molar-refractivity contribution in [3.8, 4) is 0 Å². The molecule has 130 valence electrons. The molecule has 0 fully saturated rings. The van der Waals surface area contributed by atoms with E-state index in [-0.39, 0.29) is 16.7 Å². The standard InChI is InChI=1S/C21H19N3O2/c1-12-19(24(25)26)10-9-16-13-6-4-7-15(13)21(23-20(12)16)17-11-22-18-8-3-2-5-14(17)18/h2-6,8-11,13,15,21-23H,7H2,1H3. The highest BCUT2D eigenvalue weighted by molar-refractivity contribution is 5.84. The predicted octanol–water partition coefficient (Wildman–Crippen LogP) is 5.21. The number of para-hydroxylation sites is 1. The summed E-state index contributed by atoms with van der Waals surface area (Å²) in [6.45, 7) is 1.84. The molecular weight excluding hydrogens is 326 g/mol. The summed E-state index contributed by atoms with van der Waals surface area (Å²) < 4.78 is 0. The quantitative estimate of drug-likeness (QED) is 0.380. The van der Waals surface area contributed by atoms with Crippen molar-refractivity contribution in [3.63, 3.8) is 0 Å². The van der Waals surface area contributed by atoms with E-state index >= 15 is 0 Å². The molecule has 0 saturated carbocycles. The van der Waals surface area contributed by atoms with E-state index in [1.54, 1.807) is 6.07 Å². The number of allylic oxidation sites excluding steroid dienone is 2. The van der Waals surface area contributed by atoms with Gasteiger partial charge in [-0.3, -0.25) is 10.1 Å². The number of nitro benzene ring substituents is 1. The number of hydrogen-bond acceptors (Lipinski definition) is 3. The molecule has 1 aliphatic heterocycles. The molecule has 1 aromatic heterocycles. The predicted molar refractivity (Wildman–Crippen MR) is 102 cm³/mol. The molecular formula is C21H19N3O2. The van der Waals surface area contributed by atoms with Crippen LogP contribution in [-0.4, -0.2) is 9.91 Å². The van der Waals surface area contributed by atoms with Crippen molar-refractivity contribution in [2.45, 2.75) is 25.3 Å². The number of rotatable bonds is 2. The van der Waals surface area contributed by atoms with E-state index in [0.717, 1.165) is 23.2 Å². The number of nitrogens with zero attached hydrogens (tertiary/aromatic N) is 1. The maximum absolute atomic E-state index is 11.4. The monoisotopic (exact) mass is 345 g/mol. The number of hydrogen-bond donors (Lipinski definition) is 2. The first-order valence-electron chi connectivity index (χ1n) is 8.92. The van der Waals surface area contributed by atoms with Crippen molar-refractivity contribution in [1.82, 2.24) is 4.98 Å². The molecule has 0 saturated heterocycles. The Bertz CT molecular complexity index is 1070. The zero-order valence-electron chi connectivity index (χ0n) is 14.4. The van der Waals surface area contributed by atoms with Crippen LogP contribution in [0.3, 0.4) is 0 Å². The fourth-order valence-corrected chi connectivity index (χ4v) is 4.66. The molecule has 2 aliphatic rings. The van der Waals surface area contributed by atoms with Gasteiger partial charge in [-0.25, -0.2) is 0 Å². The van der Waals surface area contributed by atoms with E-state index in [1.165, 1.54) is 16.5 Å². The summed E-state index contributed by atoms with van der Waals surface area (Å²) in [4.78, 5) is 14.4. The number of nitrogens with one attached hydrogen (secondary N) is 2. The normalized spacial score (nSPS) is 23.5. The lowest BCUT2D eigenvalue weighted by atomic mass is 9.76. The van der Waals surface area contributed by atoms with Gasteiger partial charge < -0.3 is 10.3 Å². The van der Waals surface area contributed by atoms with Gasteiger partial charge in [0.1, 0.15) is 0 Å². The SMILES string of the molecule is Cc1c([N+](=O)[O-])ccc2c1NC(c1c[nH]c3ccccc13)C1CC=CC21. The zero-order chi connectivity index (χ0) is 17.8. The summed E-state index contributed by atoms with van der Waals surface area (Å²) in [6.07, 6.45) is 7.59. The summed E-state index contributed by atoms with van der Waals surface area (Å²) in [5.74, 6) is 0.715. The molecule has 5 rings (SSSR count). The molecule has 0 bridgehead atoms. The van der Waals surface area contributed by atoms with Crippen molar-refractivity contribution in [3.05, 3.63) is 81.6 Å². The highest BCUT2D eigenvalue weighted by Gasteiger charge is 2.40. The number of nitro groups is 1. The van der Waals surface area contributed by atoms with Crippen LogP contribution < -0.4 is 5.32 Å². The molecule has 5 heteroatoms. The molecule has 0 amide bonds. The van der Waals surface area contributed by atoms with Gasteiger partial charge in [-0.05, 0) is 42.5 Å². The number of H-pyrrole nitrogens is 1. The lowest BCUT2D eigenvalue weighted by Crippen LogP contribution is -2.29. The van der Waals surface area contributed by atoms with Crippen molar-refractivity contribution in [1.29, 1.82) is 0 Å². The number of anilines is 1. The highest BCUT2D eigenvalue weighted by Crippen LogP contribution is 2.52. The van der Waals surface area contributed by atoms with E-state index in [4.69, 9.17) is 0 Å². The van der Waals surface area contributed by atoms with Crippen LogP contribution in [0.4, 0.5) is 11.4 Å². The maximum atomic E-state index is 11.4. The molecule has 2 aromatic carbocycles. The van der Waals surface area contributed by atoms with Crippen LogP contribution in [-0.2, 0) is 0 Å². The first-order chi connectivity index (χ1) is 12.6. The second-order valence-corrected chi connectivity index (χ2v) is 7.20. The topological polar surface area (TPSA) is 71.0 Å². The van der Waals surface area contributed by atoms with E-state index in [2.05, 4.69) is 46.8 Å². The summed E-state index contributed by atoms with van der Waals surface area (Å²) in [6, 6.07) is 12.0. The molecule has 3 atom stereocenters. The molecule has 1 aliphatic carbocycles. The summed E-state index contributed by atoms with van der Waals surface area (Å²) in [5, 5.41) is 16.3. The zero-order valence-corrected chi connectivity index (χ0v) is 14.4. The Morgan fingerprint density at radius 2 is 2.00 bits per heavy atom. The molecule has 26 heavy (non-hydrogen) atoms. The van der Waals surface area contributed by atoms with Gasteiger partial charge in [-0.1, -0.05) is 30.4 Å². The second kappa shape index (κ2) is 5.46. The van der Waals surface area contributed by atoms with Crippen molar-refractivity contribution in [2.24, 2.45) is 5.92 Å². The highest BCUT2D eigenvalue weighted by atomic mass is 16.6. The summed E-state index contributed by atoms with van der Waals surface area (Å²) in [5.41, 5.74) is 5.33. The Morgan fingerprint density at radius 1 is 1.15 bits per heavy atom. The lowest BCUT2D eigenvalue weighted by molar-refractivity contribution is -0.385. The molecule has 2 N–H and O–H groups in total. The van der Waals surface area contributed by atoms with Gasteiger partial charge >= 0.3 is 0 Å². The number of aromatic amines is 1. The third kappa shape index (κ3) is 2.03. The van der Waals surface area contributed by atoms with Gasteiger partial charge in [0.2, 0.25) is 0 Å². The first kappa shape index (κ1) is 15.2. The van der Waals surface area contributed by atoms with Crippen LogP contribution in [0.5, 0.6) is 0 Å². The van der Waals surface area contributed by atoms with Crippen LogP contribution in [0, 0.1) is 23.0 Å². The lowest BCUT2D eigenvalue weighted by Gasteiger charge is -2.38. The van der Waals surface area contributed by atoms with E-state index < -0.39 is 0 Å². The third-order valence-corrected chi connectivity index (χ3v) is 5.92. The maximum Gasteiger partial charge on any atom is 0.274 e. The van der Waals surface area contributed by atoms with E-state index in [9.17, 15) is 10.1 Å². The van der Waals surface area contributed by atoms with E-state index in [1.807, 2.05) is 19.1 Å². The largest absolute Gasteiger partial charge is 0.377 e. The molecule has 3 unspecified atom stereocenters. The van der Waals surface area contributed by atoms with Gasteiger partial charge in [0.15, 0.2) is 0 Å². The Hall–Kier alpha value is -3.08. The Labute approximate surface area is 150 Å². The minimum atomic E-state index is -0.297. The molecule has 3 aromatic rings. The Balaban J connectivity index is 1.68. The van der Waals surface area contributed by atoms with Crippen LogP contribution in [0.15, 0.2) is 54.7 Å². The molecule has 2 heterocycles. The van der Waals surface area contributed by atoms with E-state index in [0.29, 0.717) is 11.8 Å². The van der Waals surface area contributed by atoms with Crippen LogP contribution in [0.25, 0.3) is 10.9 Å². The van der Waals surface area contributed by atoms with Gasteiger partial charge in [0.05, 0.1) is 16.5 Å². The van der Waals surface area contributed by atoms with Crippen molar-refractivity contribution >= 4 is 22.3 Å². The smallest absolute Gasteiger partial charge is 0.274 e. The van der Waals surface area contributed by atoms with Gasteiger partial charge in [0, 0.05) is 34.8 Å². The van der Waals surface area contributed by atoms with Crippen LogP contribution >= 0.6 is 0 Å². The van der Waals surface area contributed by atoms with Crippen LogP contribution in [0.2, 0.25) is 0 Å². The minimum absolute atomic E-state index is 0.124. The van der Waals surface area contributed by atoms with Crippen molar-refractivity contribution < 1.29 is 4.92 Å². The fraction of sp³-hybridized carbons (Fsp3) is 0.238. The third-order valence-electron chi connectivity index (χ3n) is 5.92. The number of benzene rings is 2. The van der Waals surface area contributed by atoms with Crippen LogP contribution in [0.1, 0.15) is 35.1 Å². The number of fused-ring (bicyclic) bond motifs is 4. The molecule has 0 radical (unpaired) electrons. The first-order valence-corrected chi connectivity index (χ1v) is 8.92. The van der Waals surface area contributed by atoms with Gasteiger partial charge in [0.25, 0.3) is 5.69 Å². The fourth-order valence-electron chi connectivity index (χ4n) is 4.66. The Morgan fingerprint density at radius 3 is 2.85 bits per heavy atom. The molecule has 5 nitrogen and oxygen atoms in total. The molecule has 0 spiro atoms. The van der Waals surface area contributed by atoms with Gasteiger partial charge in [-0.15, -0.1) is 0 Å². The van der Waals surface area contributed by atoms with Gasteiger partial charge in [-0.2, -0.15) is 0 Å². The summed E-state index contributed by atoms with van der Waals surface area (Å²) >= 11 is 0. The number of aromatic nitrogens is 1. The minimum Gasteiger partial charge on any atom is -0.377 e. The Kier molecular flexibility index (Phi) is 3.19. The average Bonchev–Trinajstić information content (AvgIpc) is 3.28. The average molecular weight is 345 g/mol. The van der Waals surface area contributed by atoms with Crippen molar-refractivity contribution in [2.75, 3.05) is 5.32 Å². The second-order valence-electron chi connectivity index (χ2n) is 7.20. The summed E-state index contributed by atoms with van der Waals surface area (Å²) in [7, 11) is 0.